The van der Waals surface area contributed by atoms with Crippen molar-refractivity contribution in [1.29, 1.82) is 0 Å². The molecule has 0 radical (unpaired) electrons. The lowest BCUT2D eigenvalue weighted by atomic mass is 10.3. The Bertz CT molecular complexity index is 411. The van der Waals surface area contributed by atoms with Gasteiger partial charge in [0.2, 0.25) is 0 Å². The summed E-state index contributed by atoms with van der Waals surface area (Å²) in [5.41, 5.74) is 4.78. The molecule has 0 aliphatic carbocycles. The smallest absolute Gasteiger partial charge is 0.405 e. The summed E-state index contributed by atoms with van der Waals surface area (Å²) in [6.07, 6.45) is -1.96. The minimum absolute atomic E-state index is 0.360. The summed E-state index contributed by atoms with van der Waals surface area (Å²) in [5, 5.41) is 2.48. The molecule has 0 bridgehead atoms. The first-order chi connectivity index (χ1) is 7.49. The van der Waals surface area contributed by atoms with Crippen molar-refractivity contribution in [1.82, 2.24) is 4.98 Å². The van der Waals surface area contributed by atoms with E-state index in [0.29, 0.717) is 10.4 Å². The van der Waals surface area contributed by atoms with Crippen molar-refractivity contribution in [3.63, 3.8) is 0 Å². The van der Waals surface area contributed by atoms with Crippen LogP contribution < -0.4 is 11.1 Å². The van der Waals surface area contributed by atoms with E-state index in [9.17, 15) is 9.59 Å². The van der Waals surface area contributed by atoms with E-state index in [4.69, 9.17) is 5.73 Å². The Hall–Kier alpha value is -1.63. The molecule has 16 heavy (non-hydrogen) atoms. The van der Waals surface area contributed by atoms with Gasteiger partial charge in [0.1, 0.15) is 10.4 Å². The van der Waals surface area contributed by atoms with Crippen molar-refractivity contribution >= 4 is 33.7 Å². The van der Waals surface area contributed by atoms with Crippen LogP contribution in [0.4, 0.5) is 10.6 Å². The van der Waals surface area contributed by atoms with E-state index in [1.54, 1.807) is 18.2 Å². The molecule has 0 fully saturated rings. The highest BCUT2D eigenvalue weighted by molar-refractivity contribution is 9.10. The van der Waals surface area contributed by atoms with Crippen LogP contribution in [-0.4, -0.2) is 23.1 Å². The second-order valence-electron chi connectivity index (χ2n) is 2.91. The number of nitrogens with zero attached hydrogens (tertiary/aromatic N) is 1. The van der Waals surface area contributed by atoms with Crippen LogP contribution in [0.5, 0.6) is 0 Å². The number of hydrogen-bond acceptors (Lipinski definition) is 4. The summed E-state index contributed by atoms with van der Waals surface area (Å²) in [6.45, 7) is 1.41. The highest BCUT2D eigenvalue weighted by Crippen LogP contribution is 2.10. The molecule has 86 valence electrons. The third-order valence-corrected chi connectivity index (χ3v) is 2.07. The van der Waals surface area contributed by atoms with E-state index in [0.717, 1.165) is 0 Å². The predicted molar refractivity (Wildman–Crippen MR) is 60.7 cm³/mol. The number of pyridine rings is 1. The lowest BCUT2D eigenvalue weighted by Crippen LogP contribution is -2.32. The Kier molecular flexibility index (Phi) is 4.24. The van der Waals surface area contributed by atoms with Crippen LogP contribution in [-0.2, 0) is 9.53 Å². The number of carbonyl (C=O) groups excluding carboxylic acids is 2. The number of anilines is 1. The maximum atomic E-state index is 11.5. The number of halogens is 1. The molecule has 1 aromatic rings. The zero-order valence-corrected chi connectivity index (χ0v) is 10.0. The highest BCUT2D eigenvalue weighted by atomic mass is 79.9. The molecule has 3 N–H and O–H groups in total. The van der Waals surface area contributed by atoms with Crippen molar-refractivity contribution in [2.75, 3.05) is 5.32 Å². The number of aromatic nitrogens is 1. The van der Waals surface area contributed by atoms with Crippen LogP contribution in [0.1, 0.15) is 6.92 Å². The van der Waals surface area contributed by atoms with Gasteiger partial charge in [-0.15, -0.1) is 0 Å². The van der Waals surface area contributed by atoms with Crippen LogP contribution in [0.3, 0.4) is 0 Å². The minimum atomic E-state index is -0.996. The van der Waals surface area contributed by atoms with Crippen LogP contribution >= 0.6 is 15.9 Å². The van der Waals surface area contributed by atoms with Gasteiger partial charge in [0.05, 0.1) is 0 Å². The van der Waals surface area contributed by atoms with Gasteiger partial charge in [-0.05, 0) is 35.0 Å². The number of nitrogens with one attached hydrogen (secondary N) is 1. The first-order valence-electron chi connectivity index (χ1n) is 4.38. The molecule has 1 atom stereocenters. The Morgan fingerprint density at radius 3 is 2.81 bits per heavy atom. The maximum absolute atomic E-state index is 11.5. The summed E-state index contributed by atoms with van der Waals surface area (Å²) < 4.78 is 5.09. The van der Waals surface area contributed by atoms with Gasteiger partial charge < -0.3 is 15.8 Å². The van der Waals surface area contributed by atoms with E-state index in [1.165, 1.54) is 6.92 Å². The van der Waals surface area contributed by atoms with Crippen LogP contribution in [0.25, 0.3) is 0 Å². The molecule has 0 aliphatic heterocycles. The Morgan fingerprint density at radius 1 is 1.56 bits per heavy atom. The highest BCUT2D eigenvalue weighted by Gasteiger charge is 2.16. The fraction of sp³-hybridized carbons (Fsp3) is 0.222. The Balaban J connectivity index is 2.60. The van der Waals surface area contributed by atoms with E-state index in [-0.39, 0.29) is 0 Å². The molecule has 0 aromatic carbocycles. The summed E-state index contributed by atoms with van der Waals surface area (Å²) in [6, 6.07) is 5.05. The summed E-state index contributed by atoms with van der Waals surface area (Å²) >= 11 is 3.16. The van der Waals surface area contributed by atoms with Gasteiger partial charge in [0.15, 0.2) is 6.10 Å². The van der Waals surface area contributed by atoms with Crippen LogP contribution in [0.2, 0.25) is 0 Å². The molecule has 0 saturated carbocycles. The predicted octanol–water partition coefficient (Wildman–Crippen LogP) is 1.27. The minimum Gasteiger partial charge on any atom is -0.437 e. The molecule has 1 unspecified atom stereocenters. The molecule has 1 heterocycles. The molecule has 0 aliphatic rings. The Morgan fingerprint density at radius 2 is 2.25 bits per heavy atom. The van der Waals surface area contributed by atoms with Gasteiger partial charge in [0, 0.05) is 0 Å². The SMILES string of the molecule is CC(OC(N)=O)C(=O)Nc1cccc(Br)n1. The topological polar surface area (TPSA) is 94.3 Å². The van der Waals surface area contributed by atoms with E-state index >= 15 is 0 Å². The maximum Gasteiger partial charge on any atom is 0.405 e. The monoisotopic (exact) mass is 287 g/mol. The number of hydrogen-bond donors (Lipinski definition) is 2. The lowest BCUT2D eigenvalue weighted by molar-refractivity contribution is -0.123. The van der Waals surface area contributed by atoms with E-state index in [2.05, 4.69) is 31.0 Å². The third kappa shape index (κ3) is 3.85. The summed E-state index contributed by atoms with van der Waals surface area (Å²) in [4.78, 5) is 25.9. The summed E-state index contributed by atoms with van der Waals surface area (Å²) in [7, 11) is 0. The van der Waals surface area contributed by atoms with Gasteiger partial charge in [-0.1, -0.05) is 6.07 Å². The average molecular weight is 288 g/mol. The third-order valence-electron chi connectivity index (χ3n) is 1.63. The average Bonchev–Trinajstić information content (AvgIpc) is 2.16. The van der Waals surface area contributed by atoms with E-state index < -0.39 is 18.1 Å². The van der Waals surface area contributed by atoms with Crippen molar-refractivity contribution in [3.8, 4) is 0 Å². The standard InChI is InChI=1S/C9H10BrN3O3/c1-5(16-9(11)15)8(14)13-7-4-2-3-6(10)12-7/h2-5H,1H3,(H2,11,15)(H,12,13,14). The molecule has 2 amide bonds. The fourth-order valence-corrected chi connectivity index (χ4v) is 1.28. The molecule has 0 saturated heterocycles. The zero-order chi connectivity index (χ0) is 12.1. The number of ether oxygens (including phenoxy) is 1. The number of nitrogens with two attached hydrogens (primary N) is 1. The van der Waals surface area contributed by atoms with Gasteiger partial charge in [-0.25, -0.2) is 9.78 Å². The first kappa shape index (κ1) is 12.4. The quantitative estimate of drug-likeness (QED) is 0.819. The molecule has 1 rings (SSSR count). The first-order valence-corrected chi connectivity index (χ1v) is 5.18. The number of primary amides is 1. The van der Waals surface area contributed by atoms with Crippen molar-refractivity contribution < 1.29 is 14.3 Å². The molecule has 7 heteroatoms. The van der Waals surface area contributed by atoms with Crippen molar-refractivity contribution in [2.24, 2.45) is 5.73 Å². The van der Waals surface area contributed by atoms with Gasteiger partial charge in [-0.2, -0.15) is 0 Å². The van der Waals surface area contributed by atoms with Crippen molar-refractivity contribution in [3.05, 3.63) is 22.8 Å². The largest absolute Gasteiger partial charge is 0.437 e. The van der Waals surface area contributed by atoms with Crippen LogP contribution in [0, 0.1) is 0 Å². The van der Waals surface area contributed by atoms with Crippen molar-refractivity contribution in [2.45, 2.75) is 13.0 Å². The number of carbonyl (C=O) groups is 2. The lowest BCUT2D eigenvalue weighted by Gasteiger charge is -2.11. The van der Waals surface area contributed by atoms with Gasteiger partial charge in [-0.3, -0.25) is 4.79 Å². The normalized spacial score (nSPS) is 11.6. The molecular formula is C9H10BrN3O3. The number of rotatable bonds is 3. The molecule has 1 aromatic heterocycles. The molecular weight excluding hydrogens is 278 g/mol. The van der Waals surface area contributed by atoms with Crippen LogP contribution in [0.15, 0.2) is 22.8 Å². The van der Waals surface area contributed by atoms with E-state index in [1.807, 2.05) is 0 Å². The Labute approximate surface area is 100 Å². The molecule has 6 nitrogen and oxygen atoms in total. The summed E-state index contributed by atoms with van der Waals surface area (Å²) in [5.74, 6) is -0.135. The fourth-order valence-electron chi connectivity index (χ4n) is 0.933. The van der Waals surface area contributed by atoms with Gasteiger partial charge in [0.25, 0.3) is 5.91 Å². The van der Waals surface area contributed by atoms with Gasteiger partial charge >= 0.3 is 6.09 Å². The second-order valence-corrected chi connectivity index (χ2v) is 3.73. The molecule has 0 spiro atoms. The second kappa shape index (κ2) is 5.45. The zero-order valence-electron chi connectivity index (χ0n) is 8.44. The number of amides is 2.